The van der Waals surface area contributed by atoms with Crippen molar-refractivity contribution in [1.29, 1.82) is 0 Å². The van der Waals surface area contributed by atoms with Crippen LogP contribution in [-0.2, 0) is 78.0 Å². The fourth-order valence-corrected chi connectivity index (χ4v) is 14.6. The first kappa shape index (κ1) is 91.8. The monoisotopic (exact) mass is 1640 g/mol. The lowest BCUT2D eigenvalue weighted by Crippen LogP contribution is -2.53. The van der Waals surface area contributed by atoms with Gasteiger partial charge in [0, 0.05) is 74.7 Å². The largest absolute Gasteiger partial charge is 0.493 e. The van der Waals surface area contributed by atoms with Crippen LogP contribution in [0.25, 0.3) is 0 Å². The molecule has 5 aliphatic heterocycles. The number of aliphatic imine (C=N–C) groups is 1. The summed E-state index contributed by atoms with van der Waals surface area (Å²) in [4.78, 5) is 130. The molecule has 32 heteroatoms. The normalized spacial score (nSPS) is 18.6. The second-order valence-corrected chi connectivity index (χ2v) is 30.4. The number of ether oxygens (including phenoxy) is 13. The minimum atomic E-state index is -1.53. The lowest BCUT2D eigenvalue weighted by Gasteiger charge is -2.31. The molecule has 1 saturated carbocycles. The molecule has 5 heterocycles. The van der Waals surface area contributed by atoms with Gasteiger partial charge < -0.3 is 97.8 Å². The number of hydrogen-bond acceptors (Lipinski definition) is 24. The Kier molecular flexibility index (Phi) is 38.2. The highest BCUT2D eigenvalue weighted by Gasteiger charge is 2.46. The van der Waals surface area contributed by atoms with Crippen LogP contribution in [0.2, 0.25) is 0 Å². The molecule has 3 aromatic carbocycles. The maximum absolute atomic E-state index is 14.3. The van der Waals surface area contributed by atoms with Gasteiger partial charge in [-0.2, -0.15) is 0 Å². The number of hydrogen-bond donors (Lipinski definition) is 5. The van der Waals surface area contributed by atoms with Crippen molar-refractivity contribution in [3.05, 3.63) is 88.8 Å². The Hall–Kier alpha value is -9.12. The van der Waals surface area contributed by atoms with E-state index in [1.54, 1.807) is 67.6 Å². The van der Waals surface area contributed by atoms with Crippen LogP contribution in [0.15, 0.2) is 77.1 Å². The Balaban J connectivity index is 0.564. The van der Waals surface area contributed by atoms with Crippen molar-refractivity contribution >= 4 is 76.6 Å². The molecular formula is C85H121N9O23. The molecule has 6 aliphatic rings. The molecule has 0 radical (unpaired) electrons. The molecule has 1 saturated heterocycles. The van der Waals surface area contributed by atoms with Gasteiger partial charge in [0.2, 0.25) is 35.4 Å². The fourth-order valence-electron chi connectivity index (χ4n) is 14.6. The van der Waals surface area contributed by atoms with Gasteiger partial charge in [0.25, 0.3) is 11.8 Å². The fraction of sp³-hybridized carbons (Fsp3) is 0.624. The first-order chi connectivity index (χ1) is 56.7. The van der Waals surface area contributed by atoms with Crippen LogP contribution in [0.4, 0.5) is 21.9 Å². The van der Waals surface area contributed by atoms with Gasteiger partial charge in [-0.3, -0.25) is 48.2 Å². The molecule has 0 bridgehead atoms. The Bertz CT molecular complexity index is 3850. The molecule has 3 aromatic rings. The van der Waals surface area contributed by atoms with E-state index in [1.807, 2.05) is 20.0 Å². The number of nitrogens with zero attached hydrogens (tertiary/aromatic N) is 5. The SMILES string of the molecule is COc1cc2c(cc1OCCCCCOc1cc3c(cc1OC)C(=O)N1C=C(C)C[C@H]1[C@H](O)N3C(=O)OCc1ccc(NC(=O)C(C)NC(=O)[C@@H](NC(=O)CCOCCOCCOCCOCCOCCOCCOCCOCCNC(=O)CCN3C(=O)CC(CC4CCCCCCCC4)C3=O)C(C)C)cc1)N=C[C@@H]1CC(C)=CN1C2=O. The maximum Gasteiger partial charge on any atom is 0.416 e. The number of anilines is 2. The second kappa shape index (κ2) is 48.7. The first-order valence-corrected chi connectivity index (χ1v) is 41.3. The summed E-state index contributed by atoms with van der Waals surface area (Å²) in [6.07, 6.45) is 16.6. The predicted octanol–water partition coefficient (Wildman–Crippen LogP) is 8.89. The van der Waals surface area contributed by atoms with Gasteiger partial charge >= 0.3 is 6.09 Å². The van der Waals surface area contributed by atoms with Gasteiger partial charge in [-0.25, -0.2) is 9.69 Å². The van der Waals surface area contributed by atoms with Crippen molar-refractivity contribution in [3.8, 4) is 23.0 Å². The molecule has 0 spiro atoms. The zero-order chi connectivity index (χ0) is 83.4. The number of amides is 9. The van der Waals surface area contributed by atoms with E-state index in [0.29, 0.717) is 165 Å². The van der Waals surface area contributed by atoms with Crippen LogP contribution < -0.4 is 45.1 Å². The minimum Gasteiger partial charge on any atom is -0.493 e. The van der Waals surface area contributed by atoms with E-state index in [2.05, 4.69) is 26.3 Å². The summed E-state index contributed by atoms with van der Waals surface area (Å²) in [5, 5.41) is 23.0. The van der Waals surface area contributed by atoms with E-state index in [9.17, 15) is 48.3 Å². The number of methoxy groups -OCH3 is 2. The van der Waals surface area contributed by atoms with Crippen LogP contribution in [0.5, 0.6) is 23.0 Å². The van der Waals surface area contributed by atoms with Crippen LogP contribution in [0.3, 0.4) is 0 Å². The average molecular weight is 1640 g/mol. The standard InChI is InChI=1S/C85H121N9O23/c1-57(2)78(90-76(96)24-29-107-31-33-109-35-37-111-39-41-113-43-44-114-42-40-112-38-36-110-34-32-108-30-25-86-75(95)23-26-91-77(97)48-63(81(91)100)47-61-17-13-10-8-9-11-14-18-61)80(99)88-60(5)79(98)89-64-21-19-62(20-22-64)56-117-85(104)94-69-52-74(72(106-7)50-67(69)83(102)93-55-59(4)46-70(93)84(94)103)116-28-16-12-15-27-115-73-51-68-66(49-71(73)105-6)82(101)92-54-58(3)45-65(92)53-87-68/h19-22,49-55,57,60-61,63,65,70,78,84,103H,8-18,23-48,56H2,1-7H3,(H,86,95)(H,88,99)(H,89,98)(H,90,96)/t60?,63?,65-,70-,78-,84-/m0/s1. The van der Waals surface area contributed by atoms with E-state index < -0.39 is 54.1 Å². The third kappa shape index (κ3) is 28.6. The molecule has 1 aliphatic carbocycles. The zero-order valence-electron chi connectivity index (χ0n) is 69.0. The van der Waals surface area contributed by atoms with Gasteiger partial charge in [0.15, 0.2) is 29.2 Å². The van der Waals surface area contributed by atoms with Crippen molar-refractivity contribution in [2.75, 3.05) is 156 Å². The van der Waals surface area contributed by atoms with Crippen molar-refractivity contribution in [1.82, 2.24) is 30.7 Å². The summed E-state index contributed by atoms with van der Waals surface area (Å²) in [5.41, 5.74) is 3.92. The highest BCUT2D eigenvalue weighted by molar-refractivity contribution is 6.07. The lowest BCUT2D eigenvalue weighted by atomic mass is 9.86. The molecule has 0 aromatic heterocycles. The van der Waals surface area contributed by atoms with Gasteiger partial charge in [0.1, 0.15) is 18.7 Å². The number of imide groups is 1. The van der Waals surface area contributed by atoms with E-state index in [4.69, 9.17) is 61.6 Å². The summed E-state index contributed by atoms with van der Waals surface area (Å²) >= 11 is 0. The number of likely N-dealkylation sites (tertiary alicyclic amines) is 1. The Morgan fingerprint density at radius 2 is 1.10 bits per heavy atom. The highest BCUT2D eigenvalue weighted by Crippen LogP contribution is 2.43. The summed E-state index contributed by atoms with van der Waals surface area (Å²) in [5.74, 6) is -1.33. The van der Waals surface area contributed by atoms with Gasteiger partial charge in [-0.1, -0.05) is 88.5 Å². The number of unbranched alkanes of at least 4 members (excludes halogenated alkanes) is 2. The summed E-state index contributed by atoms with van der Waals surface area (Å²) in [6, 6.07) is 9.95. The van der Waals surface area contributed by atoms with Gasteiger partial charge in [-0.05, 0) is 101 Å². The minimum absolute atomic E-state index is 0.0136. The van der Waals surface area contributed by atoms with Crippen molar-refractivity contribution in [3.63, 3.8) is 0 Å². The summed E-state index contributed by atoms with van der Waals surface area (Å²) < 4.78 is 74.0. The van der Waals surface area contributed by atoms with Crippen LogP contribution in [0.1, 0.15) is 170 Å². The van der Waals surface area contributed by atoms with Crippen LogP contribution in [0, 0.1) is 17.8 Å². The summed E-state index contributed by atoms with van der Waals surface area (Å²) in [7, 11) is 2.96. The maximum atomic E-state index is 14.3. The number of rotatable bonds is 50. The number of aliphatic hydroxyl groups is 1. The number of fused-ring (bicyclic) bond motifs is 4. The zero-order valence-corrected chi connectivity index (χ0v) is 69.0. The molecule has 32 nitrogen and oxygen atoms in total. The molecule has 9 rings (SSSR count). The van der Waals surface area contributed by atoms with Crippen LogP contribution >= 0.6 is 0 Å². The number of nitrogens with one attached hydrogen (secondary N) is 4. The second-order valence-electron chi connectivity index (χ2n) is 30.4. The first-order valence-electron chi connectivity index (χ1n) is 41.3. The quantitative estimate of drug-likeness (QED) is 0.0260. The topological polar surface area (TPSA) is 367 Å². The predicted molar refractivity (Wildman–Crippen MR) is 432 cm³/mol. The van der Waals surface area contributed by atoms with Crippen molar-refractivity contribution < 1.29 is 110 Å². The Morgan fingerprint density at radius 1 is 0.564 bits per heavy atom. The Morgan fingerprint density at radius 3 is 1.69 bits per heavy atom. The van der Waals surface area contributed by atoms with Crippen LogP contribution in [-0.4, -0.2) is 256 Å². The number of carbonyl (C=O) groups is 9. The molecule has 644 valence electrons. The molecule has 9 amide bonds. The van der Waals surface area contributed by atoms with E-state index in [-0.39, 0.29) is 123 Å². The van der Waals surface area contributed by atoms with Gasteiger partial charge in [-0.15, -0.1) is 0 Å². The molecule has 6 atom stereocenters. The smallest absolute Gasteiger partial charge is 0.416 e. The van der Waals surface area contributed by atoms with E-state index >= 15 is 0 Å². The molecule has 5 N–H and O–H groups in total. The lowest BCUT2D eigenvalue weighted by molar-refractivity contribution is -0.140. The van der Waals surface area contributed by atoms with Crippen molar-refractivity contribution in [2.24, 2.45) is 22.7 Å². The van der Waals surface area contributed by atoms with E-state index in [0.717, 1.165) is 41.7 Å². The average Bonchev–Trinajstić information content (AvgIpc) is 1.64. The number of aliphatic hydroxyl groups excluding tert-OH is 1. The third-order valence-electron chi connectivity index (χ3n) is 21.0. The molecular weight excluding hydrogens is 1510 g/mol. The highest BCUT2D eigenvalue weighted by atomic mass is 16.6. The van der Waals surface area contributed by atoms with E-state index in [1.165, 1.54) is 81.6 Å². The van der Waals surface area contributed by atoms with Gasteiger partial charge in [0.05, 0.1) is 168 Å². The summed E-state index contributed by atoms with van der Waals surface area (Å²) in [6.45, 7) is 15.1. The molecule has 2 fully saturated rings. The van der Waals surface area contributed by atoms with Crippen molar-refractivity contribution in [2.45, 2.75) is 181 Å². The third-order valence-corrected chi connectivity index (χ3v) is 21.0. The molecule has 117 heavy (non-hydrogen) atoms. The number of benzene rings is 3. The molecule has 2 unspecified atom stereocenters. The Labute approximate surface area is 685 Å². The number of carbonyl (C=O) groups excluding carboxylic acids is 9.